The fraction of sp³-hybridized carbons (Fsp3) is 0.421. The number of imidazole rings is 1. The lowest BCUT2D eigenvalue weighted by atomic mass is 10.1. The van der Waals surface area contributed by atoms with E-state index in [1.54, 1.807) is 0 Å². The Labute approximate surface area is 171 Å². The highest BCUT2D eigenvalue weighted by molar-refractivity contribution is 5.85. The minimum atomic E-state index is 0. The number of aryl methyl sites for hydroxylation is 2. The van der Waals surface area contributed by atoms with Crippen LogP contribution in [0.3, 0.4) is 0 Å². The Hall–Kier alpha value is -1.89. The van der Waals surface area contributed by atoms with Crippen molar-refractivity contribution >= 4 is 41.7 Å². The number of hydrogen-bond donors (Lipinski definition) is 3. The Balaban J connectivity index is 0.00000131. The molecule has 1 aromatic carbocycles. The van der Waals surface area contributed by atoms with Crippen molar-refractivity contribution in [3.05, 3.63) is 47.2 Å². The number of nitrogens with one attached hydrogen (secondary N) is 3. The number of fused-ring (bicyclic) bond motifs is 2. The highest BCUT2D eigenvalue weighted by Gasteiger charge is 2.15. The predicted octanol–water partition coefficient (Wildman–Crippen LogP) is 3.24. The average molecular weight is 409 g/mol. The van der Waals surface area contributed by atoms with Crippen LogP contribution >= 0.6 is 24.8 Å². The summed E-state index contributed by atoms with van der Waals surface area (Å²) in [5.41, 5.74) is 4.61. The molecule has 3 heterocycles. The van der Waals surface area contributed by atoms with Gasteiger partial charge in [-0.15, -0.1) is 24.8 Å². The lowest BCUT2D eigenvalue weighted by Gasteiger charge is -2.13. The van der Waals surface area contributed by atoms with Gasteiger partial charge in [-0.25, -0.2) is 15.0 Å². The number of benzene rings is 1. The number of H-pyrrole nitrogens is 1. The monoisotopic (exact) mass is 408 g/mol. The number of anilines is 1. The highest BCUT2D eigenvalue weighted by Crippen LogP contribution is 2.19. The van der Waals surface area contributed by atoms with Gasteiger partial charge >= 0.3 is 0 Å². The van der Waals surface area contributed by atoms with Crippen LogP contribution in [0.15, 0.2) is 24.3 Å². The molecule has 6 nitrogen and oxygen atoms in total. The van der Waals surface area contributed by atoms with E-state index in [2.05, 4.69) is 36.6 Å². The quantitative estimate of drug-likeness (QED) is 0.564. The zero-order valence-corrected chi connectivity index (χ0v) is 17.1. The number of aromatic amines is 1. The molecular formula is C19H26Cl2N6. The largest absolute Gasteiger partial charge is 0.370 e. The van der Waals surface area contributed by atoms with Gasteiger partial charge in [0.05, 0.1) is 16.7 Å². The Morgan fingerprint density at radius 3 is 2.70 bits per heavy atom. The van der Waals surface area contributed by atoms with E-state index in [1.807, 2.05) is 25.1 Å². The summed E-state index contributed by atoms with van der Waals surface area (Å²) in [4.78, 5) is 17.3. The summed E-state index contributed by atoms with van der Waals surface area (Å²) >= 11 is 0. The molecule has 2 aromatic heterocycles. The molecule has 0 radical (unpaired) electrons. The number of para-hydroxylation sites is 2. The Bertz CT molecular complexity index is 847. The molecule has 0 atom stereocenters. The second-order valence-corrected chi connectivity index (χ2v) is 6.53. The van der Waals surface area contributed by atoms with Crippen LogP contribution in [0.1, 0.15) is 29.3 Å². The summed E-state index contributed by atoms with van der Waals surface area (Å²) in [7, 11) is 0. The average Bonchev–Trinajstić information content (AvgIpc) is 2.88. The first-order valence-electron chi connectivity index (χ1n) is 9.04. The number of aromatic nitrogens is 4. The number of nitrogens with zero attached hydrogens (tertiary/aromatic N) is 3. The molecule has 146 valence electrons. The van der Waals surface area contributed by atoms with Crippen molar-refractivity contribution < 1.29 is 0 Å². The molecule has 27 heavy (non-hydrogen) atoms. The number of hydrogen-bond acceptors (Lipinski definition) is 5. The number of halogens is 2. The van der Waals surface area contributed by atoms with Gasteiger partial charge in [0.1, 0.15) is 17.5 Å². The van der Waals surface area contributed by atoms with E-state index in [0.29, 0.717) is 0 Å². The molecule has 0 fully saturated rings. The highest BCUT2D eigenvalue weighted by atomic mass is 35.5. The van der Waals surface area contributed by atoms with Crippen molar-refractivity contribution in [2.75, 3.05) is 25.0 Å². The van der Waals surface area contributed by atoms with E-state index < -0.39 is 0 Å². The van der Waals surface area contributed by atoms with Crippen LogP contribution in [0.4, 0.5) is 5.82 Å². The maximum absolute atomic E-state index is 4.64. The summed E-state index contributed by atoms with van der Waals surface area (Å²) < 4.78 is 0. The van der Waals surface area contributed by atoms with Crippen LogP contribution in [0.25, 0.3) is 11.0 Å². The molecule has 0 spiro atoms. The van der Waals surface area contributed by atoms with Crippen LogP contribution in [0, 0.1) is 6.92 Å². The summed E-state index contributed by atoms with van der Waals surface area (Å²) in [6.45, 7) is 4.84. The lowest BCUT2D eigenvalue weighted by Crippen LogP contribution is -2.16. The maximum atomic E-state index is 4.64. The maximum Gasteiger partial charge on any atom is 0.133 e. The van der Waals surface area contributed by atoms with Gasteiger partial charge in [-0.3, -0.25) is 0 Å². The van der Waals surface area contributed by atoms with Crippen molar-refractivity contribution in [3.8, 4) is 0 Å². The minimum absolute atomic E-state index is 0. The molecule has 0 saturated heterocycles. The van der Waals surface area contributed by atoms with Crippen molar-refractivity contribution in [2.24, 2.45) is 0 Å². The predicted molar refractivity (Wildman–Crippen MR) is 114 cm³/mol. The third kappa shape index (κ3) is 5.09. The first-order valence-corrected chi connectivity index (χ1v) is 9.04. The molecule has 0 aliphatic carbocycles. The van der Waals surface area contributed by atoms with Gasteiger partial charge in [0.25, 0.3) is 0 Å². The smallest absolute Gasteiger partial charge is 0.133 e. The van der Waals surface area contributed by atoms with E-state index in [1.165, 1.54) is 11.3 Å². The Morgan fingerprint density at radius 2 is 1.85 bits per heavy atom. The first kappa shape index (κ1) is 21.4. The van der Waals surface area contributed by atoms with Crippen LogP contribution in [0.2, 0.25) is 0 Å². The van der Waals surface area contributed by atoms with Crippen molar-refractivity contribution in [1.29, 1.82) is 0 Å². The molecular weight excluding hydrogens is 383 g/mol. The van der Waals surface area contributed by atoms with E-state index >= 15 is 0 Å². The summed E-state index contributed by atoms with van der Waals surface area (Å²) in [6, 6.07) is 8.16. The SMILES string of the molecule is Cc1nc2c(c(NCCCc3nc4ccccc4[nH]3)n1)CCNCC2.Cl.Cl. The van der Waals surface area contributed by atoms with E-state index in [-0.39, 0.29) is 24.8 Å². The van der Waals surface area contributed by atoms with Gasteiger partial charge in [0.15, 0.2) is 0 Å². The van der Waals surface area contributed by atoms with Crippen molar-refractivity contribution in [3.63, 3.8) is 0 Å². The first-order chi connectivity index (χ1) is 12.3. The molecule has 0 unspecified atom stereocenters. The molecule has 0 amide bonds. The lowest BCUT2D eigenvalue weighted by molar-refractivity contribution is 0.708. The summed E-state index contributed by atoms with van der Waals surface area (Å²) in [6.07, 6.45) is 3.90. The van der Waals surface area contributed by atoms with Gasteiger partial charge in [0.2, 0.25) is 0 Å². The van der Waals surface area contributed by atoms with Crippen molar-refractivity contribution in [2.45, 2.75) is 32.6 Å². The minimum Gasteiger partial charge on any atom is -0.370 e. The van der Waals surface area contributed by atoms with Gasteiger partial charge in [0, 0.05) is 31.5 Å². The van der Waals surface area contributed by atoms with E-state index in [9.17, 15) is 0 Å². The third-order valence-electron chi connectivity index (χ3n) is 4.62. The molecule has 4 rings (SSSR count). The van der Waals surface area contributed by atoms with Gasteiger partial charge < -0.3 is 15.6 Å². The van der Waals surface area contributed by atoms with Gasteiger partial charge in [-0.2, -0.15) is 0 Å². The van der Waals surface area contributed by atoms with Crippen LogP contribution in [-0.4, -0.2) is 39.6 Å². The fourth-order valence-electron chi connectivity index (χ4n) is 3.40. The van der Waals surface area contributed by atoms with Crippen molar-refractivity contribution in [1.82, 2.24) is 25.3 Å². The second kappa shape index (κ2) is 9.88. The molecule has 3 aromatic rings. The Kier molecular flexibility index (Phi) is 7.83. The van der Waals surface area contributed by atoms with Crippen LogP contribution in [0.5, 0.6) is 0 Å². The Morgan fingerprint density at radius 1 is 1.04 bits per heavy atom. The van der Waals surface area contributed by atoms with Crippen LogP contribution < -0.4 is 10.6 Å². The molecule has 0 saturated carbocycles. The van der Waals surface area contributed by atoms with Gasteiger partial charge in [-0.1, -0.05) is 12.1 Å². The second-order valence-electron chi connectivity index (χ2n) is 6.53. The summed E-state index contributed by atoms with van der Waals surface area (Å²) in [5.74, 6) is 2.90. The standard InChI is InChI=1S/C19H24N6.2ClH/c1-13-22-15-9-12-20-11-8-14(15)19(23-13)21-10-4-7-18-24-16-5-2-3-6-17(16)25-18;;/h2-3,5-6,20H,4,7-12H2,1H3,(H,24,25)(H,21,22,23);2*1H. The molecule has 1 aliphatic heterocycles. The van der Waals surface area contributed by atoms with Gasteiger partial charge in [-0.05, 0) is 38.4 Å². The van der Waals surface area contributed by atoms with E-state index in [0.717, 1.165) is 73.8 Å². The molecule has 1 aliphatic rings. The molecule has 3 N–H and O–H groups in total. The van der Waals surface area contributed by atoms with Crippen LogP contribution in [-0.2, 0) is 19.3 Å². The zero-order chi connectivity index (χ0) is 17.1. The molecule has 0 bridgehead atoms. The molecule has 8 heteroatoms. The normalized spacial score (nSPS) is 13.2. The zero-order valence-electron chi connectivity index (χ0n) is 15.4. The topological polar surface area (TPSA) is 78.5 Å². The fourth-order valence-corrected chi connectivity index (χ4v) is 3.40. The summed E-state index contributed by atoms with van der Waals surface area (Å²) in [5, 5.41) is 6.96. The third-order valence-corrected chi connectivity index (χ3v) is 4.62. The number of rotatable bonds is 5. The van der Waals surface area contributed by atoms with E-state index in [4.69, 9.17) is 0 Å².